The van der Waals surface area contributed by atoms with Gasteiger partial charge in [0.25, 0.3) is 0 Å². The second kappa shape index (κ2) is 6.17. The molecule has 2 rings (SSSR count). The molecule has 0 spiro atoms. The number of benzene rings is 1. The Balaban J connectivity index is 1.97. The number of nitrogens with one attached hydrogen (secondary N) is 1. The highest BCUT2D eigenvalue weighted by molar-refractivity contribution is 5.80. The lowest BCUT2D eigenvalue weighted by molar-refractivity contribution is -0.147. The van der Waals surface area contributed by atoms with Gasteiger partial charge in [0.2, 0.25) is 0 Å². The van der Waals surface area contributed by atoms with Crippen molar-refractivity contribution >= 4 is 5.97 Å². The standard InChI is InChI=1S/C15H21NO3/c1-18-10-13(12-6-4-3-5-7-12)16-11-15(8-9-15)14(17)19-2/h3-7,13,16H,8-11H2,1-2H3/t13-/m0/s1. The summed E-state index contributed by atoms with van der Waals surface area (Å²) in [4.78, 5) is 11.7. The molecule has 0 amide bonds. The average molecular weight is 263 g/mol. The first kappa shape index (κ1) is 14.0. The van der Waals surface area contributed by atoms with E-state index >= 15 is 0 Å². The highest BCUT2D eigenvalue weighted by Crippen LogP contribution is 2.46. The van der Waals surface area contributed by atoms with Crippen molar-refractivity contribution in [2.45, 2.75) is 18.9 Å². The Morgan fingerprint density at radius 3 is 2.53 bits per heavy atom. The van der Waals surface area contributed by atoms with E-state index < -0.39 is 0 Å². The second-order valence-corrected chi connectivity index (χ2v) is 5.07. The van der Waals surface area contributed by atoms with Gasteiger partial charge in [0, 0.05) is 13.7 Å². The molecule has 1 atom stereocenters. The summed E-state index contributed by atoms with van der Waals surface area (Å²) < 4.78 is 10.1. The minimum atomic E-state index is -0.310. The predicted molar refractivity (Wildman–Crippen MR) is 72.7 cm³/mol. The van der Waals surface area contributed by atoms with E-state index in [1.54, 1.807) is 7.11 Å². The van der Waals surface area contributed by atoms with Crippen molar-refractivity contribution in [2.75, 3.05) is 27.4 Å². The lowest BCUT2D eigenvalue weighted by Crippen LogP contribution is -2.35. The molecule has 0 heterocycles. The molecule has 0 radical (unpaired) electrons. The number of carbonyl (C=O) groups is 1. The monoisotopic (exact) mass is 263 g/mol. The first-order chi connectivity index (χ1) is 9.22. The summed E-state index contributed by atoms with van der Waals surface area (Å²) in [5.41, 5.74) is 0.861. The Morgan fingerprint density at radius 1 is 1.32 bits per heavy atom. The molecule has 1 saturated carbocycles. The van der Waals surface area contributed by atoms with Gasteiger partial charge in [0.1, 0.15) is 0 Å². The predicted octanol–water partition coefficient (Wildman–Crippen LogP) is 1.92. The zero-order valence-corrected chi connectivity index (χ0v) is 11.5. The SMILES string of the molecule is COC[C@H](NCC1(C(=O)OC)CC1)c1ccccc1. The minimum Gasteiger partial charge on any atom is -0.469 e. The summed E-state index contributed by atoms with van der Waals surface area (Å²) in [5, 5.41) is 3.43. The lowest BCUT2D eigenvalue weighted by atomic mass is 10.0. The third kappa shape index (κ3) is 3.33. The molecule has 1 aliphatic rings. The highest BCUT2D eigenvalue weighted by Gasteiger charge is 2.50. The number of rotatable bonds is 7. The fraction of sp³-hybridized carbons (Fsp3) is 0.533. The number of carbonyl (C=O) groups excluding carboxylic acids is 1. The van der Waals surface area contributed by atoms with Gasteiger partial charge in [-0.05, 0) is 18.4 Å². The number of ether oxygens (including phenoxy) is 2. The summed E-state index contributed by atoms with van der Waals surface area (Å²) in [5.74, 6) is -0.107. The van der Waals surface area contributed by atoms with Crippen LogP contribution in [0.4, 0.5) is 0 Å². The molecule has 1 N–H and O–H groups in total. The molecule has 1 aromatic carbocycles. The Labute approximate surface area is 114 Å². The van der Waals surface area contributed by atoms with Crippen molar-refractivity contribution in [1.29, 1.82) is 0 Å². The third-order valence-corrected chi connectivity index (χ3v) is 3.69. The van der Waals surface area contributed by atoms with E-state index in [1.807, 2.05) is 18.2 Å². The average Bonchev–Trinajstić information content (AvgIpc) is 3.24. The van der Waals surface area contributed by atoms with Crippen LogP contribution in [-0.4, -0.2) is 33.3 Å². The van der Waals surface area contributed by atoms with Gasteiger partial charge in [-0.25, -0.2) is 0 Å². The fourth-order valence-electron chi connectivity index (χ4n) is 2.26. The van der Waals surface area contributed by atoms with Crippen molar-refractivity contribution in [1.82, 2.24) is 5.32 Å². The number of hydrogen-bond donors (Lipinski definition) is 1. The van der Waals surface area contributed by atoms with Gasteiger partial charge in [0.05, 0.1) is 25.2 Å². The zero-order valence-electron chi connectivity index (χ0n) is 11.5. The molecule has 4 nitrogen and oxygen atoms in total. The van der Waals surface area contributed by atoms with E-state index in [1.165, 1.54) is 12.7 Å². The van der Waals surface area contributed by atoms with Gasteiger partial charge in [-0.3, -0.25) is 4.79 Å². The summed E-state index contributed by atoms with van der Waals surface area (Å²) in [6, 6.07) is 10.2. The smallest absolute Gasteiger partial charge is 0.313 e. The van der Waals surface area contributed by atoms with Crippen LogP contribution >= 0.6 is 0 Å². The number of hydrogen-bond acceptors (Lipinski definition) is 4. The molecule has 1 aromatic rings. The molecular formula is C15H21NO3. The summed E-state index contributed by atoms with van der Waals surface area (Å²) in [6.45, 7) is 1.23. The van der Waals surface area contributed by atoms with E-state index in [9.17, 15) is 4.79 Å². The Kier molecular flexibility index (Phi) is 4.56. The Hall–Kier alpha value is -1.39. The molecule has 19 heavy (non-hydrogen) atoms. The summed E-state index contributed by atoms with van der Waals surface area (Å²) >= 11 is 0. The van der Waals surface area contributed by atoms with Crippen LogP contribution in [0, 0.1) is 5.41 Å². The van der Waals surface area contributed by atoms with E-state index in [0.29, 0.717) is 13.2 Å². The van der Waals surface area contributed by atoms with Crippen molar-refractivity contribution in [3.63, 3.8) is 0 Å². The van der Waals surface area contributed by atoms with Crippen LogP contribution < -0.4 is 5.32 Å². The molecule has 104 valence electrons. The number of esters is 1. The zero-order chi connectivity index (χ0) is 13.7. The Morgan fingerprint density at radius 2 is 2.00 bits per heavy atom. The molecule has 0 bridgehead atoms. The van der Waals surface area contributed by atoms with Crippen molar-refractivity contribution < 1.29 is 14.3 Å². The number of methoxy groups -OCH3 is 2. The van der Waals surface area contributed by atoms with E-state index in [4.69, 9.17) is 9.47 Å². The van der Waals surface area contributed by atoms with Gasteiger partial charge in [-0.2, -0.15) is 0 Å². The minimum absolute atomic E-state index is 0.105. The first-order valence-electron chi connectivity index (χ1n) is 6.57. The Bertz CT molecular complexity index is 415. The van der Waals surface area contributed by atoms with Crippen LogP contribution in [0.5, 0.6) is 0 Å². The lowest BCUT2D eigenvalue weighted by Gasteiger charge is -2.21. The highest BCUT2D eigenvalue weighted by atomic mass is 16.5. The normalized spacial score (nSPS) is 17.8. The van der Waals surface area contributed by atoms with Gasteiger partial charge in [-0.1, -0.05) is 30.3 Å². The van der Waals surface area contributed by atoms with Gasteiger partial charge >= 0.3 is 5.97 Å². The maximum Gasteiger partial charge on any atom is 0.313 e. The molecule has 0 aliphatic heterocycles. The third-order valence-electron chi connectivity index (χ3n) is 3.69. The molecule has 0 saturated heterocycles. The van der Waals surface area contributed by atoms with E-state index in [0.717, 1.165) is 12.8 Å². The molecule has 1 aliphatic carbocycles. The van der Waals surface area contributed by atoms with Crippen LogP contribution in [-0.2, 0) is 14.3 Å². The maximum atomic E-state index is 11.7. The van der Waals surface area contributed by atoms with E-state index in [-0.39, 0.29) is 17.4 Å². The molecule has 0 aromatic heterocycles. The van der Waals surface area contributed by atoms with Crippen LogP contribution in [0.3, 0.4) is 0 Å². The van der Waals surface area contributed by atoms with Crippen molar-refractivity contribution in [2.24, 2.45) is 5.41 Å². The molecule has 1 fully saturated rings. The summed E-state index contributed by atoms with van der Waals surface area (Å²) in [7, 11) is 3.14. The topological polar surface area (TPSA) is 47.6 Å². The largest absolute Gasteiger partial charge is 0.469 e. The molecular weight excluding hydrogens is 242 g/mol. The van der Waals surface area contributed by atoms with Gasteiger partial charge in [0.15, 0.2) is 0 Å². The van der Waals surface area contributed by atoms with Gasteiger partial charge in [-0.15, -0.1) is 0 Å². The quantitative estimate of drug-likeness (QED) is 0.763. The molecule has 0 unspecified atom stereocenters. The van der Waals surface area contributed by atoms with Crippen LogP contribution in [0.15, 0.2) is 30.3 Å². The molecule has 4 heteroatoms. The van der Waals surface area contributed by atoms with Crippen molar-refractivity contribution in [3.05, 3.63) is 35.9 Å². The first-order valence-corrected chi connectivity index (χ1v) is 6.57. The van der Waals surface area contributed by atoms with Crippen LogP contribution in [0.2, 0.25) is 0 Å². The van der Waals surface area contributed by atoms with Crippen molar-refractivity contribution in [3.8, 4) is 0 Å². The second-order valence-electron chi connectivity index (χ2n) is 5.07. The van der Waals surface area contributed by atoms with E-state index in [2.05, 4.69) is 17.4 Å². The van der Waals surface area contributed by atoms with Gasteiger partial charge < -0.3 is 14.8 Å². The van der Waals surface area contributed by atoms with Crippen LogP contribution in [0.25, 0.3) is 0 Å². The fourth-order valence-corrected chi connectivity index (χ4v) is 2.26. The maximum absolute atomic E-state index is 11.7. The summed E-state index contributed by atoms with van der Waals surface area (Å²) in [6.07, 6.45) is 1.81. The van der Waals surface area contributed by atoms with Crippen LogP contribution in [0.1, 0.15) is 24.4 Å².